The Morgan fingerprint density at radius 2 is 1.68 bits per heavy atom. The summed E-state index contributed by atoms with van der Waals surface area (Å²) in [6, 6.07) is 5.44. The maximum atomic E-state index is 12.5. The van der Waals surface area contributed by atoms with E-state index in [2.05, 4.69) is 0 Å². The van der Waals surface area contributed by atoms with Gasteiger partial charge >= 0.3 is 6.18 Å². The van der Waals surface area contributed by atoms with E-state index in [1.165, 1.54) is 12.8 Å². The van der Waals surface area contributed by atoms with E-state index >= 15 is 0 Å². The van der Waals surface area contributed by atoms with Gasteiger partial charge in [0, 0.05) is 6.61 Å². The fourth-order valence-corrected chi connectivity index (χ4v) is 3.09. The first kappa shape index (κ1) is 14.4. The van der Waals surface area contributed by atoms with Gasteiger partial charge in [-0.25, -0.2) is 0 Å². The largest absolute Gasteiger partial charge is 0.416 e. The minimum Gasteiger partial charge on any atom is -0.396 e. The van der Waals surface area contributed by atoms with Crippen LogP contribution in [-0.2, 0) is 6.18 Å². The van der Waals surface area contributed by atoms with E-state index < -0.39 is 11.7 Å². The molecule has 1 saturated carbocycles. The van der Waals surface area contributed by atoms with Crippen molar-refractivity contribution in [3.63, 3.8) is 0 Å². The van der Waals surface area contributed by atoms with E-state index in [9.17, 15) is 13.2 Å². The Labute approximate surface area is 111 Å². The molecule has 4 heteroatoms. The van der Waals surface area contributed by atoms with Crippen LogP contribution in [0, 0.1) is 5.92 Å². The van der Waals surface area contributed by atoms with E-state index in [0.717, 1.165) is 30.5 Å². The molecule has 1 atom stereocenters. The summed E-state index contributed by atoms with van der Waals surface area (Å²) in [5.74, 6) is 0.693. The van der Waals surface area contributed by atoms with E-state index in [4.69, 9.17) is 5.11 Å². The third-order valence-electron chi connectivity index (χ3n) is 4.08. The van der Waals surface area contributed by atoms with Gasteiger partial charge in [0.25, 0.3) is 0 Å². The topological polar surface area (TPSA) is 20.2 Å². The van der Waals surface area contributed by atoms with Crippen LogP contribution in [0.5, 0.6) is 0 Å². The highest BCUT2D eigenvalue weighted by Gasteiger charge is 2.31. The standard InChI is InChI=1S/C15H19F3O/c16-15(17,18)13-7-5-12(6-8-13)14(9-10-19)11-3-1-2-4-11/h5-8,11,14,19H,1-4,9-10H2. The fraction of sp³-hybridized carbons (Fsp3) is 0.600. The molecule has 1 aromatic carbocycles. The Balaban J connectivity index is 2.17. The van der Waals surface area contributed by atoms with Crippen molar-refractivity contribution in [1.82, 2.24) is 0 Å². The lowest BCUT2D eigenvalue weighted by atomic mass is 9.82. The average Bonchev–Trinajstić information content (AvgIpc) is 2.89. The zero-order chi connectivity index (χ0) is 13.9. The van der Waals surface area contributed by atoms with Gasteiger partial charge in [-0.05, 0) is 48.8 Å². The van der Waals surface area contributed by atoms with Crippen molar-refractivity contribution >= 4 is 0 Å². The lowest BCUT2D eigenvalue weighted by Crippen LogP contribution is -2.12. The summed E-state index contributed by atoms with van der Waals surface area (Å²) in [5.41, 5.74) is 0.319. The molecule has 0 heterocycles. The average molecular weight is 272 g/mol. The van der Waals surface area contributed by atoms with Crippen LogP contribution in [0.1, 0.15) is 49.1 Å². The molecule has 1 aliphatic carbocycles. The van der Waals surface area contributed by atoms with Crippen molar-refractivity contribution in [3.05, 3.63) is 35.4 Å². The first-order chi connectivity index (χ1) is 9.02. The van der Waals surface area contributed by atoms with Crippen molar-refractivity contribution < 1.29 is 18.3 Å². The van der Waals surface area contributed by atoms with E-state index in [-0.39, 0.29) is 12.5 Å². The number of aliphatic hydroxyl groups excluding tert-OH is 1. The molecule has 0 amide bonds. The van der Waals surface area contributed by atoms with Crippen molar-refractivity contribution in [2.75, 3.05) is 6.61 Å². The molecular weight excluding hydrogens is 253 g/mol. The van der Waals surface area contributed by atoms with Gasteiger partial charge in [-0.3, -0.25) is 0 Å². The lowest BCUT2D eigenvalue weighted by molar-refractivity contribution is -0.137. The van der Waals surface area contributed by atoms with Gasteiger partial charge in [-0.2, -0.15) is 13.2 Å². The minimum atomic E-state index is -4.28. The van der Waals surface area contributed by atoms with Gasteiger partial charge in [0.2, 0.25) is 0 Å². The molecule has 0 bridgehead atoms. The second kappa shape index (κ2) is 5.95. The Hall–Kier alpha value is -1.03. The molecule has 0 aromatic heterocycles. The summed E-state index contributed by atoms with van der Waals surface area (Å²) in [6.07, 6.45) is 0.965. The smallest absolute Gasteiger partial charge is 0.396 e. The van der Waals surface area contributed by atoms with Gasteiger partial charge in [0.05, 0.1) is 5.56 Å². The Kier molecular flexibility index (Phi) is 4.50. The molecule has 1 nitrogen and oxygen atoms in total. The Morgan fingerprint density at radius 3 is 2.16 bits per heavy atom. The molecule has 1 N–H and O–H groups in total. The first-order valence-electron chi connectivity index (χ1n) is 6.80. The highest BCUT2D eigenvalue weighted by atomic mass is 19.4. The molecule has 19 heavy (non-hydrogen) atoms. The summed E-state index contributed by atoms with van der Waals surface area (Å²) < 4.78 is 37.6. The van der Waals surface area contributed by atoms with Crippen LogP contribution >= 0.6 is 0 Å². The van der Waals surface area contributed by atoms with Crippen LogP contribution < -0.4 is 0 Å². The highest BCUT2D eigenvalue weighted by Crippen LogP contribution is 2.40. The molecule has 1 unspecified atom stereocenters. The molecule has 1 aliphatic rings. The van der Waals surface area contributed by atoms with Crippen LogP contribution in [0.3, 0.4) is 0 Å². The quantitative estimate of drug-likeness (QED) is 0.863. The molecule has 106 valence electrons. The molecule has 0 aliphatic heterocycles. The molecule has 1 fully saturated rings. The third-order valence-corrected chi connectivity index (χ3v) is 4.08. The van der Waals surface area contributed by atoms with E-state index in [1.807, 2.05) is 0 Å². The van der Waals surface area contributed by atoms with Crippen LogP contribution in [0.4, 0.5) is 13.2 Å². The van der Waals surface area contributed by atoms with Crippen molar-refractivity contribution in [2.45, 2.75) is 44.2 Å². The minimum absolute atomic E-state index is 0.0855. The summed E-state index contributed by atoms with van der Waals surface area (Å²) in [7, 11) is 0. The number of hydrogen-bond donors (Lipinski definition) is 1. The number of aliphatic hydroxyl groups is 1. The highest BCUT2D eigenvalue weighted by molar-refractivity contribution is 5.27. The van der Waals surface area contributed by atoms with Crippen LogP contribution in [0.15, 0.2) is 24.3 Å². The van der Waals surface area contributed by atoms with Gasteiger partial charge in [0.15, 0.2) is 0 Å². The van der Waals surface area contributed by atoms with Crippen molar-refractivity contribution in [2.24, 2.45) is 5.92 Å². The molecular formula is C15H19F3O. The number of halogens is 3. The lowest BCUT2D eigenvalue weighted by Gasteiger charge is -2.23. The number of alkyl halides is 3. The van der Waals surface area contributed by atoms with Crippen LogP contribution in [-0.4, -0.2) is 11.7 Å². The van der Waals surface area contributed by atoms with Gasteiger partial charge < -0.3 is 5.11 Å². The molecule has 0 spiro atoms. The number of rotatable bonds is 4. The monoisotopic (exact) mass is 272 g/mol. The second-order valence-corrected chi connectivity index (χ2v) is 5.28. The predicted molar refractivity (Wildman–Crippen MR) is 67.8 cm³/mol. The van der Waals surface area contributed by atoms with E-state index in [0.29, 0.717) is 12.3 Å². The first-order valence-corrected chi connectivity index (χ1v) is 6.80. The fourth-order valence-electron chi connectivity index (χ4n) is 3.09. The third kappa shape index (κ3) is 3.50. The molecule has 1 aromatic rings. The van der Waals surface area contributed by atoms with Crippen molar-refractivity contribution in [3.8, 4) is 0 Å². The summed E-state index contributed by atoms with van der Waals surface area (Å²) in [4.78, 5) is 0. The summed E-state index contributed by atoms with van der Waals surface area (Å²) in [5, 5.41) is 9.16. The van der Waals surface area contributed by atoms with Gasteiger partial charge in [-0.15, -0.1) is 0 Å². The summed E-state index contributed by atoms with van der Waals surface area (Å²) in [6.45, 7) is 0.0855. The molecule has 2 rings (SSSR count). The second-order valence-electron chi connectivity index (χ2n) is 5.28. The van der Waals surface area contributed by atoms with Crippen molar-refractivity contribution in [1.29, 1.82) is 0 Å². The summed E-state index contributed by atoms with van der Waals surface area (Å²) >= 11 is 0. The maximum absolute atomic E-state index is 12.5. The van der Waals surface area contributed by atoms with Crippen LogP contribution in [0.25, 0.3) is 0 Å². The molecule has 0 radical (unpaired) electrons. The van der Waals surface area contributed by atoms with Gasteiger partial charge in [-0.1, -0.05) is 25.0 Å². The predicted octanol–water partition coefficient (Wildman–Crippen LogP) is 4.36. The van der Waals surface area contributed by atoms with Gasteiger partial charge in [0.1, 0.15) is 0 Å². The Bertz CT molecular complexity index is 391. The zero-order valence-electron chi connectivity index (χ0n) is 10.8. The van der Waals surface area contributed by atoms with E-state index in [1.54, 1.807) is 12.1 Å². The zero-order valence-corrected chi connectivity index (χ0v) is 10.8. The number of hydrogen-bond acceptors (Lipinski definition) is 1. The Morgan fingerprint density at radius 1 is 1.11 bits per heavy atom. The molecule has 0 saturated heterocycles. The maximum Gasteiger partial charge on any atom is 0.416 e. The van der Waals surface area contributed by atoms with Crippen LogP contribution in [0.2, 0.25) is 0 Å². The number of benzene rings is 1. The SMILES string of the molecule is OCCC(c1ccc(C(F)(F)F)cc1)C1CCCC1. The normalized spacial score (nSPS) is 18.7.